The third-order valence-corrected chi connectivity index (χ3v) is 4.13. The van der Waals surface area contributed by atoms with Gasteiger partial charge in [-0.1, -0.05) is 15.9 Å². The van der Waals surface area contributed by atoms with Crippen LogP contribution < -0.4 is 4.90 Å². The Kier molecular flexibility index (Phi) is 4.00. The largest absolute Gasteiger partial charge is 0.368 e. The lowest BCUT2D eigenvalue weighted by molar-refractivity contribution is 0.923. The molecular formula is C13H12BrN3S. The number of aryl methyl sites for hydroxylation is 1. The van der Waals surface area contributed by atoms with Gasteiger partial charge in [-0.3, -0.25) is 0 Å². The van der Waals surface area contributed by atoms with Gasteiger partial charge in [0.1, 0.15) is 6.07 Å². The molecular weight excluding hydrogens is 310 g/mol. The van der Waals surface area contributed by atoms with Crippen LogP contribution in [0.5, 0.6) is 0 Å². The van der Waals surface area contributed by atoms with E-state index in [9.17, 15) is 0 Å². The van der Waals surface area contributed by atoms with Crippen LogP contribution in [0.1, 0.15) is 16.1 Å². The molecule has 3 nitrogen and oxygen atoms in total. The first kappa shape index (κ1) is 13.1. The van der Waals surface area contributed by atoms with Gasteiger partial charge in [-0.2, -0.15) is 5.26 Å². The van der Waals surface area contributed by atoms with Gasteiger partial charge in [-0.15, -0.1) is 11.3 Å². The Morgan fingerprint density at radius 3 is 2.89 bits per heavy atom. The second kappa shape index (κ2) is 5.51. The van der Waals surface area contributed by atoms with E-state index in [4.69, 9.17) is 5.26 Å². The molecule has 0 aliphatic rings. The number of nitrogens with zero attached hydrogens (tertiary/aromatic N) is 3. The van der Waals surface area contributed by atoms with Crippen molar-refractivity contribution in [3.63, 3.8) is 0 Å². The number of aromatic nitrogens is 1. The van der Waals surface area contributed by atoms with Gasteiger partial charge in [-0.25, -0.2) is 4.98 Å². The molecule has 18 heavy (non-hydrogen) atoms. The lowest BCUT2D eigenvalue weighted by atomic mass is 10.2. The fraction of sp³-hybridized carbons (Fsp3) is 0.231. The van der Waals surface area contributed by atoms with Gasteiger partial charge < -0.3 is 4.90 Å². The van der Waals surface area contributed by atoms with E-state index in [2.05, 4.69) is 31.9 Å². The summed E-state index contributed by atoms with van der Waals surface area (Å²) in [5.74, 6) is 0. The summed E-state index contributed by atoms with van der Waals surface area (Å²) in [7, 11) is 1.99. The number of thiazole rings is 1. The SMILES string of the molecule is Cc1ncsc1CN(C)c1ccc(Br)cc1C#N. The molecule has 0 bridgehead atoms. The molecule has 1 heterocycles. The zero-order valence-electron chi connectivity index (χ0n) is 10.1. The van der Waals surface area contributed by atoms with Gasteiger partial charge in [-0.05, 0) is 25.1 Å². The minimum absolute atomic E-state index is 0.675. The van der Waals surface area contributed by atoms with Crippen LogP contribution in [0.2, 0.25) is 0 Å². The predicted molar refractivity (Wildman–Crippen MR) is 77.8 cm³/mol. The van der Waals surface area contributed by atoms with Crippen LogP contribution in [0, 0.1) is 18.3 Å². The summed E-state index contributed by atoms with van der Waals surface area (Å²) in [4.78, 5) is 7.54. The molecule has 2 rings (SSSR count). The van der Waals surface area contributed by atoms with Crippen molar-refractivity contribution in [3.05, 3.63) is 44.3 Å². The van der Waals surface area contributed by atoms with E-state index in [1.54, 1.807) is 11.3 Å². The van der Waals surface area contributed by atoms with Gasteiger partial charge in [0.25, 0.3) is 0 Å². The van der Waals surface area contributed by atoms with Gasteiger partial charge in [0.2, 0.25) is 0 Å². The maximum Gasteiger partial charge on any atom is 0.101 e. The Balaban J connectivity index is 2.27. The molecule has 0 unspecified atom stereocenters. The normalized spacial score (nSPS) is 10.1. The van der Waals surface area contributed by atoms with Crippen molar-refractivity contribution in [2.75, 3.05) is 11.9 Å². The molecule has 0 atom stereocenters. The first-order valence-corrected chi connectivity index (χ1v) is 7.09. The number of hydrogen-bond acceptors (Lipinski definition) is 4. The van der Waals surface area contributed by atoms with Crippen LogP contribution in [0.3, 0.4) is 0 Å². The number of anilines is 1. The van der Waals surface area contributed by atoms with E-state index in [-0.39, 0.29) is 0 Å². The lowest BCUT2D eigenvalue weighted by Gasteiger charge is -2.20. The van der Waals surface area contributed by atoms with Crippen molar-refractivity contribution in [1.29, 1.82) is 5.26 Å². The van der Waals surface area contributed by atoms with Crippen molar-refractivity contribution in [3.8, 4) is 6.07 Å². The Morgan fingerprint density at radius 2 is 2.28 bits per heavy atom. The van der Waals surface area contributed by atoms with E-state index >= 15 is 0 Å². The highest BCUT2D eigenvalue weighted by atomic mass is 79.9. The van der Waals surface area contributed by atoms with Crippen LogP contribution in [0.25, 0.3) is 0 Å². The first-order valence-electron chi connectivity index (χ1n) is 5.41. The summed E-state index contributed by atoms with van der Waals surface area (Å²) < 4.78 is 0.921. The molecule has 1 aromatic heterocycles. The molecule has 2 aromatic rings. The van der Waals surface area contributed by atoms with E-state index in [0.717, 1.165) is 22.4 Å². The van der Waals surface area contributed by atoms with Crippen molar-refractivity contribution < 1.29 is 0 Å². The zero-order chi connectivity index (χ0) is 13.1. The molecule has 0 radical (unpaired) electrons. The number of benzene rings is 1. The van der Waals surface area contributed by atoms with E-state index in [0.29, 0.717) is 5.56 Å². The second-order valence-electron chi connectivity index (χ2n) is 3.99. The van der Waals surface area contributed by atoms with Crippen LogP contribution >= 0.6 is 27.3 Å². The number of rotatable bonds is 3. The minimum Gasteiger partial charge on any atom is -0.368 e. The summed E-state index contributed by atoms with van der Waals surface area (Å²) >= 11 is 5.03. The highest BCUT2D eigenvalue weighted by molar-refractivity contribution is 9.10. The summed E-state index contributed by atoms with van der Waals surface area (Å²) in [6.45, 7) is 2.78. The minimum atomic E-state index is 0.675. The van der Waals surface area contributed by atoms with E-state index in [1.807, 2.05) is 37.7 Å². The molecule has 0 spiro atoms. The standard InChI is InChI=1S/C13H12BrN3S/c1-9-13(18-8-16-9)7-17(2)12-4-3-11(14)5-10(12)6-15/h3-5,8H,7H2,1-2H3. The Bertz CT molecular complexity index is 601. The Morgan fingerprint density at radius 1 is 1.50 bits per heavy atom. The van der Waals surface area contributed by atoms with E-state index in [1.165, 1.54) is 4.88 Å². The predicted octanol–water partition coefficient (Wildman–Crippen LogP) is 3.72. The van der Waals surface area contributed by atoms with Crippen molar-refractivity contribution in [2.24, 2.45) is 0 Å². The number of halogens is 1. The van der Waals surface area contributed by atoms with Crippen molar-refractivity contribution in [2.45, 2.75) is 13.5 Å². The van der Waals surface area contributed by atoms with Crippen LogP contribution in [-0.4, -0.2) is 12.0 Å². The lowest BCUT2D eigenvalue weighted by Crippen LogP contribution is -2.17. The molecule has 0 aliphatic carbocycles. The number of nitriles is 1. The van der Waals surface area contributed by atoms with Gasteiger partial charge >= 0.3 is 0 Å². The van der Waals surface area contributed by atoms with Gasteiger partial charge in [0.15, 0.2) is 0 Å². The molecule has 92 valence electrons. The van der Waals surface area contributed by atoms with E-state index < -0.39 is 0 Å². The summed E-state index contributed by atoms with van der Waals surface area (Å²) in [6.07, 6.45) is 0. The number of hydrogen-bond donors (Lipinski definition) is 0. The molecule has 0 saturated heterocycles. The highest BCUT2D eigenvalue weighted by Gasteiger charge is 2.10. The second-order valence-corrected chi connectivity index (χ2v) is 5.85. The van der Waals surface area contributed by atoms with Crippen molar-refractivity contribution in [1.82, 2.24) is 4.98 Å². The maximum absolute atomic E-state index is 9.17. The maximum atomic E-state index is 9.17. The summed E-state index contributed by atoms with van der Waals surface area (Å²) in [5.41, 5.74) is 4.52. The van der Waals surface area contributed by atoms with Gasteiger partial charge in [0, 0.05) is 16.4 Å². The zero-order valence-corrected chi connectivity index (χ0v) is 12.5. The molecule has 5 heteroatoms. The third kappa shape index (κ3) is 2.71. The van der Waals surface area contributed by atoms with Crippen LogP contribution in [0.15, 0.2) is 28.2 Å². The monoisotopic (exact) mass is 321 g/mol. The fourth-order valence-electron chi connectivity index (χ4n) is 1.71. The Labute approximate surface area is 119 Å². The van der Waals surface area contributed by atoms with Crippen LogP contribution in [0.4, 0.5) is 5.69 Å². The highest BCUT2D eigenvalue weighted by Crippen LogP contribution is 2.25. The summed E-state index contributed by atoms with van der Waals surface area (Å²) in [6, 6.07) is 7.97. The molecule has 0 N–H and O–H groups in total. The topological polar surface area (TPSA) is 39.9 Å². The average Bonchev–Trinajstić information content (AvgIpc) is 2.74. The van der Waals surface area contributed by atoms with Crippen LogP contribution in [-0.2, 0) is 6.54 Å². The third-order valence-electron chi connectivity index (χ3n) is 2.72. The Hall–Kier alpha value is -1.38. The molecule has 0 amide bonds. The van der Waals surface area contributed by atoms with Gasteiger partial charge in [0.05, 0.1) is 29.0 Å². The summed E-state index contributed by atoms with van der Waals surface area (Å²) in [5, 5.41) is 9.17. The van der Waals surface area contributed by atoms with Crippen molar-refractivity contribution >= 4 is 33.0 Å². The fourth-order valence-corrected chi connectivity index (χ4v) is 2.90. The molecule has 0 saturated carbocycles. The molecule has 1 aromatic carbocycles. The smallest absolute Gasteiger partial charge is 0.101 e. The average molecular weight is 322 g/mol. The molecule has 0 aliphatic heterocycles. The molecule has 0 fully saturated rings. The quantitative estimate of drug-likeness (QED) is 0.864. The first-order chi connectivity index (χ1) is 8.61.